The maximum atomic E-state index is 13.2. The first kappa shape index (κ1) is 14.9. The zero-order valence-corrected chi connectivity index (χ0v) is 12.9. The summed E-state index contributed by atoms with van der Waals surface area (Å²) >= 11 is 9.12. The zero-order chi connectivity index (χ0) is 14.5. The number of anilines is 1. The molecule has 1 aromatic heterocycles. The van der Waals surface area contributed by atoms with Gasteiger partial charge in [0.25, 0.3) is 0 Å². The second-order valence-corrected chi connectivity index (χ2v) is 4.93. The molecule has 1 aromatic carbocycles. The molecule has 1 N–H and O–H groups in total. The van der Waals surface area contributed by atoms with E-state index >= 15 is 0 Å². The summed E-state index contributed by atoms with van der Waals surface area (Å²) in [6.45, 7) is 2.58. The monoisotopic (exact) mass is 360 g/mol. The van der Waals surface area contributed by atoms with E-state index in [1.165, 1.54) is 12.1 Å². The van der Waals surface area contributed by atoms with E-state index in [4.69, 9.17) is 16.3 Å². The average Bonchev–Trinajstić information content (AvgIpc) is 2.40. The molecule has 5 nitrogen and oxygen atoms in total. The van der Waals surface area contributed by atoms with Gasteiger partial charge in [0.05, 0.1) is 6.61 Å². The minimum Gasteiger partial charge on any atom is -0.464 e. The number of ether oxygens (including phenoxy) is 1. The highest BCUT2D eigenvalue weighted by Crippen LogP contribution is 2.19. The number of aromatic nitrogens is 3. The van der Waals surface area contributed by atoms with Gasteiger partial charge in [-0.2, -0.15) is 15.0 Å². The molecule has 2 aromatic rings. The van der Waals surface area contributed by atoms with E-state index in [9.17, 15) is 4.39 Å². The summed E-state index contributed by atoms with van der Waals surface area (Å²) in [4.78, 5) is 11.8. The van der Waals surface area contributed by atoms with Gasteiger partial charge in [-0.3, -0.25) is 0 Å². The van der Waals surface area contributed by atoms with Crippen molar-refractivity contribution in [3.05, 3.63) is 39.3 Å². The van der Waals surface area contributed by atoms with Crippen LogP contribution < -0.4 is 10.1 Å². The summed E-state index contributed by atoms with van der Waals surface area (Å²) in [6.07, 6.45) is 0. The molecule has 0 saturated heterocycles. The lowest BCUT2D eigenvalue weighted by Crippen LogP contribution is -2.07. The predicted molar refractivity (Wildman–Crippen MR) is 77.4 cm³/mol. The van der Waals surface area contributed by atoms with E-state index in [1.807, 2.05) is 6.92 Å². The van der Waals surface area contributed by atoms with Crippen molar-refractivity contribution >= 4 is 33.5 Å². The second kappa shape index (κ2) is 6.81. The van der Waals surface area contributed by atoms with Crippen LogP contribution in [0.25, 0.3) is 0 Å². The summed E-state index contributed by atoms with van der Waals surface area (Å²) in [5.41, 5.74) is 0.736. The molecule has 0 aliphatic carbocycles. The van der Waals surface area contributed by atoms with E-state index in [1.54, 1.807) is 6.07 Å². The Kier molecular flexibility index (Phi) is 5.08. The van der Waals surface area contributed by atoms with Crippen molar-refractivity contribution in [2.45, 2.75) is 13.5 Å². The molecule has 0 spiro atoms. The zero-order valence-electron chi connectivity index (χ0n) is 10.5. The van der Waals surface area contributed by atoms with Crippen LogP contribution in [0.1, 0.15) is 12.5 Å². The van der Waals surface area contributed by atoms with Gasteiger partial charge in [-0.1, -0.05) is 15.9 Å². The van der Waals surface area contributed by atoms with Gasteiger partial charge in [0, 0.05) is 11.0 Å². The van der Waals surface area contributed by atoms with Crippen LogP contribution in [0.5, 0.6) is 6.01 Å². The van der Waals surface area contributed by atoms with Crippen LogP contribution in [0.2, 0.25) is 5.28 Å². The van der Waals surface area contributed by atoms with E-state index < -0.39 is 0 Å². The highest BCUT2D eigenvalue weighted by Gasteiger charge is 2.07. The lowest BCUT2D eigenvalue weighted by molar-refractivity contribution is 0.312. The van der Waals surface area contributed by atoms with Gasteiger partial charge in [-0.05, 0) is 42.3 Å². The Bertz CT molecular complexity index is 614. The number of nitrogens with zero attached hydrogens (tertiary/aromatic N) is 3. The van der Waals surface area contributed by atoms with E-state index in [-0.39, 0.29) is 23.1 Å². The van der Waals surface area contributed by atoms with Gasteiger partial charge in [-0.25, -0.2) is 4.39 Å². The van der Waals surface area contributed by atoms with Crippen LogP contribution in [-0.2, 0) is 6.54 Å². The van der Waals surface area contributed by atoms with Crippen molar-refractivity contribution in [1.29, 1.82) is 0 Å². The Morgan fingerprint density at radius 2 is 2.15 bits per heavy atom. The molecule has 20 heavy (non-hydrogen) atoms. The van der Waals surface area contributed by atoms with Gasteiger partial charge < -0.3 is 10.1 Å². The molecule has 0 aliphatic rings. The molecule has 0 bridgehead atoms. The third kappa shape index (κ3) is 4.01. The van der Waals surface area contributed by atoms with E-state index in [2.05, 4.69) is 36.2 Å². The Balaban J connectivity index is 2.12. The third-order valence-electron chi connectivity index (χ3n) is 2.31. The standard InChI is InChI=1S/C12H11BrClFN4O/c1-2-20-12-18-10(14)17-11(19-12)16-6-7-5-8(15)3-4-9(7)13/h3-5H,2,6H2,1H3,(H,16,17,18,19). The van der Waals surface area contributed by atoms with Crippen LogP contribution >= 0.6 is 27.5 Å². The molecular formula is C12H11BrClFN4O. The van der Waals surface area contributed by atoms with Gasteiger partial charge in [0.2, 0.25) is 11.2 Å². The highest BCUT2D eigenvalue weighted by atomic mass is 79.9. The lowest BCUT2D eigenvalue weighted by atomic mass is 10.2. The smallest absolute Gasteiger partial charge is 0.322 e. The molecular weight excluding hydrogens is 351 g/mol. The summed E-state index contributed by atoms with van der Waals surface area (Å²) in [7, 11) is 0. The van der Waals surface area contributed by atoms with Crippen LogP contribution in [0.4, 0.5) is 10.3 Å². The number of hydrogen-bond acceptors (Lipinski definition) is 5. The fraction of sp³-hybridized carbons (Fsp3) is 0.250. The first-order valence-corrected chi connectivity index (χ1v) is 6.97. The number of rotatable bonds is 5. The molecule has 0 unspecified atom stereocenters. The summed E-state index contributed by atoms with van der Waals surface area (Å²) < 4.78 is 19.1. The lowest BCUT2D eigenvalue weighted by Gasteiger charge is -2.08. The van der Waals surface area contributed by atoms with Crippen LogP contribution in [0.15, 0.2) is 22.7 Å². The average molecular weight is 362 g/mol. The van der Waals surface area contributed by atoms with Crippen LogP contribution in [0.3, 0.4) is 0 Å². The number of nitrogens with one attached hydrogen (secondary N) is 1. The number of benzene rings is 1. The van der Waals surface area contributed by atoms with E-state index in [0.717, 1.165) is 10.0 Å². The topological polar surface area (TPSA) is 59.9 Å². The minimum atomic E-state index is -0.311. The minimum absolute atomic E-state index is 0.0317. The predicted octanol–water partition coefficient (Wildman–Crippen LogP) is 3.44. The number of hydrogen-bond donors (Lipinski definition) is 1. The Labute approximate surface area is 128 Å². The molecule has 0 aliphatic heterocycles. The fourth-order valence-electron chi connectivity index (χ4n) is 1.46. The SMILES string of the molecule is CCOc1nc(Cl)nc(NCc2cc(F)ccc2Br)n1. The van der Waals surface area contributed by atoms with Crippen LogP contribution in [0, 0.1) is 5.82 Å². The van der Waals surface area contributed by atoms with E-state index in [0.29, 0.717) is 13.2 Å². The van der Waals surface area contributed by atoms with Crippen molar-refractivity contribution in [2.75, 3.05) is 11.9 Å². The molecule has 0 amide bonds. The van der Waals surface area contributed by atoms with Crippen LogP contribution in [-0.4, -0.2) is 21.6 Å². The molecule has 2 rings (SSSR count). The highest BCUT2D eigenvalue weighted by molar-refractivity contribution is 9.10. The number of halogens is 3. The van der Waals surface area contributed by atoms with Crippen molar-refractivity contribution in [2.24, 2.45) is 0 Å². The summed E-state index contributed by atoms with van der Waals surface area (Å²) in [5, 5.41) is 2.98. The molecule has 0 radical (unpaired) electrons. The molecule has 1 heterocycles. The van der Waals surface area contributed by atoms with Crippen molar-refractivity contribution in [3.8, 4) is 6.01 Å². The summed E-state index contributed by atoms with van der Waals surface area (Å²) in [5.74, 6) is -0.0432. The first-order valence-electron chi connectivity index (χ1n) is 5.80. The molecule has 0 fully saturated rings. The van der Waals surface area contributed by atoms with Crippen molar-refractivity contribution in [1.82, 2.24) is 15.0 Å². The van der Waals surface area contributed by atoms with Gasteiger partial charge >= 0.3 is 6.01 Å². The Morgan fingerprint density at radius 3 is 2.90 bits per heavy atom. The fourth-order valence-corrected chi connectivity index (χ4v) is 2.00. The largest absolute Gasteiger partial charge is 0.464 e. The van der Waals surface area contributed by atoms with Gasteiger partial charge in [-0.15, -0.1) is 0 Å². The first-order chi connectivity index (χ1) is 9.58. The van der Waals surface area contributed by atoms with Crippen molar-refractivity contribution < 1.29 is 9.13 Å². The Morgan fingerprint density at radius 1 is 1.35 bits per heavy atom. The quantitative estimate of drug-likeness (QED) is 0.884. The van der Waals surface area contributed by atoms with Gasteiger partial charge in [0.15, 0.2) is 0 Å². The maximum Gasteiger partial charge on any atom is 0.322 e. The van der Waals surface area contributed by atoms with Gasteiger partial charge in [0.1, 0.15) is 5.82 Å². The normalized spacial score (nSPS) is 10.4. The molecule has 8 heteroatoms. The second-order valence-electron chi connectivity index (χ2n) is 3.73. The maximum absolute atomic E-state index is 13.2. The third-order valence-corrected chi connectivity index (χ3v) is 3.25. The Hall–Kier alpha value is -1.47. The summed E-state index contributed by atoms with van der Waals surface area (Å²) in [6, 6.07) is 4.58. The van der Waals surface area contributed by atoms with Crippen molar-refractivity contribution in [3.63, 3.8) is 0 Å². The molecule has 106 valence electrons. The molecule has 0 saturated carbocycles. The molecule has 0 atom stereocenters.